The number of carboxylic acid groups (broad SMARTS) is 2. The summed E-state index contributed by atoms with van der Waals surface area (Å²) in [4.78, 5) is 51.4. The largest absolute Gasteiger partial charge is 1.00 e. The number of benzene rings is 1. The van der Waals surface area contributed by atoms with Gasteiger partial charge in [0.1, 0.15) is 5.78 Å². The SMILES string of the molecule is CC(=O)CC(Cc1cnc2nc(N)nc(N)c2n1)(C(=O)[O-])c1ccc(C(=O)O)cc1.[Na+]. The minimum absolute atomic E-state index is 0. The third-order valence-corrected chi connectivity index (χ3v) is 4.61. The molecule has 0 fully saturated rings. The number of fused-ring (bicyclic) bond motifs is 1. The molecule has 3 rings (SSSR count). The molecule has 5 N–H and O–H groups in total. The Labute approximate surface area is 198 Å². The van der Waals surface area contributed by atoms with Crippen LogP contribution in [-0.4, -0.2) is 42.8 Å². The molecule has 0 spiro atoms. The molecule has 31 heavy (non-hydrogen) atoms. The van der Waals surface area contributed by atoms with Crippen molar-refractivity contribution in [1.82, 2.24) is 19.9 Å². The van der Waals surface area contributed by atoms with Crippen LogP contribution >= 0.6 is 0 Å². The Balaban J connectivity index is 0.00000341. The minimum Gasteiger partial charge on any atom is -0.549 e. The number of nitrogens with two attached hydrogens (primary N) is 2. The molecule has 1 unspecified atom stereocenters. The maximum atomic E-state index is 12.3. The number of anilines is 2. The Morgan fingerprint density at radius 3 is 2.29 bits per heavy atom. The van der Waals surface area contributed by atoms with Gasteiger partial charge in [-0.05, 0) is 24.6 Å². The van der Waals surface area contributed by atoms with Crippen LogP contribution in [0.25, 0.3) is 11.2 Å². The molecule has 0 aliphatic rings. The van der Waals surface area contributed by atoms with Gasteiger partial charge in [0.05, 0.1) is 23.4 Å². The van der Waals surface area contributed by atoms with Crippen LogP contribution in [0.2, 0.25) is 0 Å². The average Bonchev–Trinajstić information content (AvgIpc) is 2.67. The molecule has 0 bridgehead atoms. The van der Waals surface area contributed by atoms with E-state index in [-0.39, 0.29) is 75.7 Å². The standard InChI is InChI=1S/C19H18N6O5.Na/c1-9(26)6-19(17(29)30,11-4-2-10(3-5-11)16(27)28)7-12-8-22-15-13(23-12)14(20)24-18(21)25-15;/h2-5,8H,6-7H2,1H3,(H,27,28)(H,29,30)(H4,20,21,22,24,25);/q;+1/p-1. The van der Waals surface area contributed by atoms with Crippen LogP contribution in [-0.2, 0) is 21.4 Å². The van der Waals surface area contributed by atoms with Crippen molar-refractivity contribution in [3.05, 3.63) is 47.3 Å². The van der Waals surface area contributed by atoms with Gasteiger partial charge in [0, 0.05) is 18.3 Å². The number of carbonyl (C=O) groups is 3. The summed E-state index contributed by atoms with van der Waals surface area (Å²) in [5.74, 6) is -3.18. The molecule has 0 saturated carbocycles. The second-order valence-electron chi connectivity index (χ2n) is 6.81. The molecule has 0 aliphatic heterocycles. The summed E-state index contributed by atoms with van der Waals surface area (Å²) in [6.45, 7) is 1.25. The van der Waals surface area contributed by atoms with E-state index in [2.05, 4.69) is 19.9 Å². The van der Waals surface area contributed by atoms with Gasteiger partial charge in [-0.2, -0.15) is 9.97 Å². The molecular weight excluding hydrogens is 415 g/mol. The predicted octanol–water partition coefficient (Wildman–Crippen LogP) is -3.50. The summed E-state index contributed by atoms with van der Waals surface area (Å²) >= 11 is 0. The number of carbonyl (C=O) groups excluding carboxylic acids is 2. The first-order chi connectivity index (χ1) is 14.1. The fraction of sp³-hybridized carbons (Fsp3) is 0.211. The monoisotopic (exact) mass is 432 g/mol. The molecule has 0 amide bonds. The summed E-state index contributed by atoms with van der Waals surface area (Å²) < 4.78 is 0. The van der Waals surface area contributed by atoms with Gasteiger partial charge in [-0.1, -0.05) is 12.1 Å². The molecule has 0 saturated heterocycles. The first-order valence-corrected chi connectivity index (χ1v) is 8.72. The Morgan fingerprint density at radius 1 is 1.10 bits per heavy atom. The molecule has 0 aliphatic carbocycles. The number of aromatic nitrogens is 4. The second kappa shape index (κ2) is 9.33. The fourth-order valence-electron chi connectivity index (χ4n) is 3.26. The number of hydrogen-bond donors (Lipinski definition) is 3. The Bertz CT molecular complexity index is 1170. The number of carboxylic acids is 2. The second-order valence-corrected chi connectivity index (χ2v) is 6.81. The van der Waals surface area contributed by atoms with Crippen molar-refractivity contribution >= 4 is 40.7 Å². The van der Waals surface area contributed by atoms with Gasteiger partial charge in [-0.3, -0.25) is 4.79 Å². The first kappa shape index (κ1) is 24.1. The van der Waals surface area contributed by atoms with Crippen molar-refractivity contribution in [2.24, 2.45) is 0 Å². The zero-order valence-corrected chi connectivity index (χ0v) is 18.8. The molecule has 11 nitrogen and oxygen atoms in total. The molecule has 1 atom stereocenters. The number of rotatable bonds is 7. The molecule has 12 heteroatoms. The van der Waals surface area contributed by atoms with E-state index >= 15 is 0 Å². The van der Waals surface area contributed by atoms with Crippen LogP contribution in [0, 0.1) is 0 Å². The fourth-order valence-corrected chi connectivity index (χ4v) is 3.26. The van der Waals surface area contributed by atoms with Crippen molar-refractivity contribution in [1.29, 1.82) is 0 Å². The van der Waals surface area contributed by atoms with E-state index in [4.69, 9.17) is 16.6 Å². The number of aliphatic carboxylic acids is 1. The molecule has 2 heterocycles. The maximum Gasteiger partial charge on any atom is 1.00 e. The Kier molecular flexibility index (Phi) is 7.26. The maximum absolute atomic E-state index is 12.3. The van der Waals surface area contributed by atoms with Crippen LogP contribution in [0.15, 0.2) is 30.5 Å². The van der Waals surface area contributed by atoms with Gasteiger partial charge in [-0.15, -0.1) is 0 Å². The van der Waals surface area contributed by atoms with Gasteiger partial charge in [0.25, 0.3) is 0 Å². The number of hydrogen-bond acceptors (Lipinski definition) is 10. The Morgan fingerprint density at radius 2 is 1.74 bits per heavy atom. The number of ketones is 1. The van der Waals surface area contributed by atoms with Crippen molar-refractivity contribution in [2.75, 3.05) is 11.5 Å². The van der Waals surface area contributed by atoms with Gasteiger partial charge < -0.3 is 26.5 Å². The van der Waals surface area contributed by atoms with Crippen LogP contribution in [0.5, 0.6) is 0 Å². The van der Waals surface area contributed by atoms with Gasteiger partial charge >= 0.3 is 35.5 Å². The van der Waals surface area contributed by atoms with E-state index in [1.807, 2.05) is 0 Å². The molecule has 2 aromatic heterocycles. The summed E-state index contributed by atoms with van der Waals surface area (Å²) in [7, 11) is 0. The van der Waals surface area contributed by atoms with E-state index in [0.717, 1.165) is 0 Å². The molecular formula is C19H17N6NaO5. The zero-order valence-electron chi connectivity index (χ0n) is 16.8. The average molecular weight is 432 g/mol. The number of nitrogen functional groups attached to an aromatic ring is 2. The first-order valence-electron chi connectivity index (χ1n) is 8.72. The normalized spacial score (nSPS) is 12.5. The smallest absolute Gasteiger partial charge is 0.549 e. The Hall–Kier alpha value is -3.15. The third kappa shape index (κ3) is 4.95. The number of Topliss-reactive ketones (excluding diaryl/α,β-unsaturated/α-hetero) is 1. The van der Waals surface area contributed by atoms with Gasteiger partial charge in [-0.25, -0.2) is 14.8 Å². The van der Waals surface area contributed by atoms with Crippen molar-refractivity contribution in [3.8, 4) is 0 Å². The van der Waals surface area contributed by atoms with E-state index < -0.39 is 29.6 Å². The van der Waals surface area contributed by atoms with E-state index in [1.165, 1.54) is 37.4 Å². The molecule has 3 aromatic rings. The number of nitrogens with zero attached hydrogens (tertiary/aromatic N) is 4. The van der Waals surface area contributed by atoms with E-state index in [1.54, 1.807) is 0 Å². The van der Waals surface area contributed by atoms with Crippen LogP contribution in [0.4, 0.5) is 11.8 Å². The van der Waals surface area contributed by atoms with Crippen LogP contribution < -0.4 is 46.1 Å². The van der Waals surface area contributed by atoms with Gasteiger partial charge in [0.15, 0.2) is 17.0 Å². The third-order valence-electron chi connectivity index (χ3n) is 4.61. The van der Waals surface area contributed by atoms with E-state index in [0.29, 0.717) is 0 Å². The molecule has 0 radical (unpaired) electrons. The topological polar surface area (TPSA) is 198 Å². The summed E-state index contributed by atoms with van der Waals surface area (Å²) in [6.07, 6.45) is 0.654. The predicted molar refractivity (Wildman–Crippen MR) is 103 cm³/mol. The minimum atomic E-state index is -1.80. The molecule has 154 valence electrons. The van der Waals surface area contributed by atoms with Crippen molar-refractivity contribution in [2.45, 2.75) is 25.2 Å². The van der Waals surface area contributed by atoms with E-state index in [9.17, 15) is 19.5 Å². The molecule has 1 aromatic carbocycles. The quantitative estimate of drug-likeness (QED) is 0.313. The summed E-state index contributed by atoms with van der Waals surface area (Å²) in [6, 6.07) is 5.20. The summed E-state index contributed by atoms with van der Waals surface area (Å²) in [5.41, 5.74) is 10.2. The van der Waals surface area contributed by atoms with Crippen LogP contribution in [0.3, 0.4) is 0 Å². The summed E-state index contributed by atoms with van der Waals surface area (Å²) in [5, 5.41) is 21.3. The number of aromatic carboxylic acids is 1. The van der Waals surface area contributed by atoms with Gasteiger partial charge in [0.2, 0.25) is 5.95 Å². The van der Waals surface area contributed by atoms with Crippen molar-refractivity contribution < 1.29 is 54.2 Å². The van der Waals surface area contributed by atoms with Crippen LogP contribution in [0.1, 0.15) is 35.0 Å². The zero-order chi connectivity index (χ0) is 22.1. The van der Waals surface area contributed by atoms with Crippen molar-refractivity contribution in [3.63, 3.8) is 0 Å².